The van der Waals surface area contributed by atoms with Crippen molar-refractivity contribution in [2.24, 2.45) is 5.41 Å². The Morgan fingerprint density at radius 1 is 1.22 bits per heavy atom. The Balaban J connectivity index is 1.46. The molecular weight excluding hydrogens is 535 g/mol. The largest absolute Gasteiger partial charge is 0.403 e. The lowest BCUT2D eigenvalue weighted by Crippen LogP contribution is -2.53. The molecule has 0 radical (unpaired) electrons. The van der Waals surface area contributed by atoms with Gasteiger partial charge >= 0.3 is 6.18 Å². The minimum Gasteiger partial charge on any atom is -0.336 e. The highest BCUT2D eigenvalue weighted by Gasteiger charge is 2.70. The number of aromatic nitrogens is 2. The van der Waals surface area contributed by atoms with E-state index in [1.807, 2.05) is 6.07 Å². The summed E-state index contributed by atoms with van der Waals surface area (Å²) in [5.74, 6) is -2.16. The van der Waals surface area contributed by atoms with Crippen molar-refractivity contribution in [3.8, 4) is 11.8 Å². The molecule has 37 heavy (non-hydrogen) atoms. The van der Waals surface area contributed by atoms with Gasteiger partial charge in [0.05, 0.1) is 26.9 Å². The Morgan fingerprint density at radius 3 is 2.43 bits per heavy atom. The Hall–Kier alpha value is -3.11. The zero-order valence-corrected chi connectivity index (χ0v) is 20.8. The topological polar surface area (TPSA) is 125 Å². The molecule has 1 aliphatic heterocycles. The fraction of sp³-hybridized carbons (Fsp3) is 0.478. The molecule has 2 aromatic rings. The van der Waals surface area contributed by atoms with Gasteiger partial charge in [0, 0.05) is 18.9 Å². The number of likely N-dealkylation sites (tertiary alicyclic amines) is 1. The molecule has 5 rings (SSSR count). The normalized spacial score (nSPS) is 23.8. The molecule has 196 valence electrons. The van der Waals surface area contributed by atoms with Gasteiger partial charge in [0.1, 0.15) is 17.0 Å². The number of rotatable bonds is 6. The molecule has 2 unspecified atom stereocenters. The molecule has 1 N–H and O–H groups in total. The second-order valence-corrected chi connectivity index (χ2v) is 12.3. The van der Waals surface area contributed by atoms with Crippen LogP contribution in [-0.4, -0.2) is 64.5 Å². The van der Waals surface area contributed by atoms with Crippen molar-refractivity contribution in [3.05, 3.63) is 41.7 Å². The van der Waals surface area contributed by atoms with Gasteiger partial charge in [-0.2, -0.15) is 23.5 Å². The van der Waals surface area contributed by atoms with E-state index in [9.17, 15) is 36.4 Å². The fourth-order valence-electron chi connectivity index (χ4n) is 4.69. The van der Waals surface area contributed by atoms with Gasteiger partial charge in [0.15, 0.2) is 9.84 Å². The van der Waals surface area contributed by atoms with Crippen LogP contribution in [0.25, 0.3) is 5.69 Å². The minimum atomic E-state index is -4.84. The Labute approximate surface area is 215 Å². The van der Waals surface area contributed by atoms with Crippen LogP contribution < -0.4 is 5.32 Å². The number of hydrogen-bond acceptors (Lipinski definition) is 6. The van der Waals surface area contributed by atoms with Crippen LogP contribution in [0, 0.1) is 16.7 Å². The molecule has 3 aliphatic rings. The number of nitriles is 1. The molecule has 2 atom stereocenters. The number of nitrogens with zero attached hydrogens (tertiary/aromatic N) is 4. The number of carbonyl (C=O) groups excluding carboxylic acids is 2. The SMILES string of the molecule is N#CC1(NC(=O)C2CC(S(=O)(=O)c3ccc(-n4cccn4)cc3Cl)CN2C(=O)C2(C(F)(F)F)CC2)CC1. The first kappa shape index (κ1) is 25.5. The van der Waals surface area contributed by atoms with E-state index < -0.39 is 75.9 Å². The van der Waals surface area contributed by atoms with E-state index in [0.29, 0.717) is 18.5 Å². The van der Waals surface area contributed by atoms with Crippen LogP contribution in [0.1, 0.15) is 32.1 Å². The van der Waals surface area contributed by atoms with Gasteiger partial charge in [-0.3, -0.25) is 9.59 Å². The lowest BCUT2D eigenvalue weighted by molar-refractivity contribution is -0.199. The van der Waals surface area contributed by atoms with Crippen LogP contribution in [0.3, 0.4) is 0 Å². The number of hydrogen-bond donors (Lipinski definition) is 1. The zero-order chi connectivity index (χ0) is 26.8. The van der Waals surface area contributed by atoms with Gasteiger partial charge in [-0.15, -0.1) is 0 Å². The van der Waals surface area contributed by atoms with E-state index in [1.54, 1.807) is 12.3 Å². The van der Waals surface area contributed by atoms with E-state index in [4.69, 9.17) is 11.6 Å². The standard InChI is InChI=1S/C23H21ClF3N5O4S/c24-16-10-14(32-9-1-8-29-32)2-3-18(16)37(35,36)15-11-17(19(33)30-21(13-28)4-5-21)31(12-15)20(34)22(6-7-22)23(25,26)27/h1-3,8-10,15,17H,4-7,11-12H2,(H,30,33). The molecule has 0 spiro atoms. The molecule has 3 fully saturated rings. The molecule has 2 amide bonds. The molecule has 1 aromatic carbocycles. The number of amides is 2. The predicted molar refractivity (Wildman–Crippen MR) is 123 cm³/mol. The highest BCUT2D eigenvalue weighted by Crippen LogP contribution is 2.59. The molecule has 2 aliphatic carbocycles. The highest BCUT2D eigenvalue weighted by atomic mass is 35.5. The summed E-state index contributed by atoms with van der Waals surface area (Å²) in [4.78, 5) is 26.6. The van der Waals surface area contributed by atoms with Gasteiger partial charge in [-0.25, -0.2) is 13.1 Å². The maximum absolute atomic E-state index is 13.7. The summed E-state index contributed by atoms with van der Waals surface area (Å²) >= 11 is 6.30. The number of sulfone groups is 1. The third kappa shape index (κ3) is 4.25. The van der Waals surface area contributed by atoms with Crippen LogP contribution in [0.5, 0.6) is 0 Å². The van der Waals surface area contributed by atoms with Crippen molar-refractivity contribution in [1.29, 1.82) is 5.26 Å². The third-order valence-electron chi connectivity index (χ3n) is 7.28. The number of halogens is 4. The van der Waals surface area contributed by atoms with Crippen molar-refractivity contribution < 1.29 is 31.2 Å². The molecule has 0 bridgehead atoms. The van der Waals surface area contributed by atoms with Gasteiger partial charge in [0.25, 0.3) is 0 Å². The smallest absolute Gasteiger partial charge is 0.336 e. The molecule has 14 heteroatoms. The minimum absolute atomic E-state index is 0.130. The number of carbonyl (C=O) groups is 2. The van der Waals surface area contributed by atoms with Crippen LogP contribution >= 0.6 is 11.6 Å². The predicted octanol–water partition coefficient (Wildman–Crippen LogP) is 2.78. The molecule has 9 nitrogen and oxygen atoms in total. The van der Waals surface area contributed by atoms with Gasteiger partial charge in [0.2, 0.25) is 11.8 Å². The summed E-state index contributed by atoms with van der Waals surface area (Å²) in [5, 5.41) is 14.4. The van der Waals surface area contributed by atoms with E-state index in [-0.39, 0.29) is 9.92 Å². The fourth-order valence-corrected chi connectivity index (χ4v) is 6.92. The summed E-state index contributed by atoms with van der Waals surface area (Å²) in [6, 6.07) is 6.27. The highest BCUT2D eigenvalue weighted by molar-refractivity contribution is 7.92. The van der Waals surface area contributed by atoms with Gasteiger partial charge < -0.3 is 10.2 Å². The summed E-state index contributed by atoms with van der Waals surface area (Å²) in [5.41, 5.74) is -3.28. The molecule has 1 saturated heterocycles. The first-order chi connectivity index (χ1) is 17.3. The second-order valence-electron chi connectivity index (χ2n) is 9.70. The van der Waals surface area contributed by atoms with E-state index in [2.05, 4.69) is 10.4 Å². The van der Waals surface area contributed by atoms with Crippen molar-refractivity contribution in [2.45, 2.75) is 60.0 Å². The van der Waals surface area contributed by atoms with Gasteiger partial charge in [-0.05, 0) is 56.4 Å². The summed E-state index contributed by atoms with van der Waals surface area (Å²) in [7, 11) is -4.26. The van der Waals surface area contributed by atoms with E-state index in [0.717, 1.165) is 4.90 Å². The van der Waals surface area contributed by atoms with Gasteiger partial charge in [-0.1, -0.05) is 11.6 Å². The van der Waals surface area contributed by atoms with Crippen LogP contribution in [0.15, 0.2) is 41.6 Å². The van der Waals surface area contributed by atoms with Crippen molar-refractivity contribution >= 4 is 33.3 Å². The second kappa shape index (κ2) is 8.46. The average Bonchev–Trinajstić information content (AvgIpc) is 3.69. The van der Waals surface area contributed by atoms with E-state index in [1.165, 1.54) is 29.1 Å². The summed E-state index contributed by atoms with van der Waals surface area (Å²) in [6.07, 6.45) is -2.23. The third-order valence-corrected chi connectivity index (χ3v) is 9.90. The molecule has 2 heterocycles. The maximum atomic E-state index is 13.7. The van der Waals surface area contributed by atoms with Crippen LogP contribution in [-0.2, 0) is 19.4 Å². The van der Waals surface area contributed by atoms with E-state index >= 15 is 0 Å². The van der Waals surface area contributed by atoms with Crippen molar-refractivity contribution in [3.63, 3.8) is 0 Å². The Morgan fingerprint density at radius 2 is 1.92 bits per heavy atom. The first-order valence-electron chi connectivity index (χ1n) is 11.5. The number of nitrogens with one attached hydrogen (secondary N) is 1. The summed E-state index contributed by atoms with van der Waals surface area (Å²) < 4.78 is 69.8. The maximum Gasteiger partial charge on any atom is 0.403 e. The van der Waals surface area contributed by atoms with Crippen LogP contribution in [0.4, 0.5) is 13.2 Å². The lowest BCUT2D eigenvalue weighted by Gasteiger charge is -2.29. The molecule has 1 aromatic heterocycles. The lowest BCUT2D eigenvalue weighted by atomic mass is 10.0. The monoisotopic (exact) mass is 555 g/mol. The Bertz CT molecular complexity index is 1410. The summed E-state index contributed by atoms with van der Waals surface area (Å²) in [6.45, 7) is -0.603. The molecule has 2 saturated carbocycles. The average molecular weight is 556 g/mol. The van der Waals surface area contributed by atoms with Crippen molar-refractivity contribution in [2.75, 3.05) is 6.54 Å². The first-order valence-corrected chi connectivity index (χ1v) is 13.4. The zero-order valence-electron chi connectivity index (χ0n) is 19.2. The number of benzene rings is 1. The quantitative estimate of drug-likeness (QED) is 0.584. The Kier molecular flexibility index (Phi) is 5.84. The van der Waals surface area contributed by atoms with Crippen LogP contribution in [0.2, 0.25) is 5.02 Å². The van der Waals surface area contributed by atoms with Crippen molar-refractivity contribution in [1.82, 2.24) is 20.0 Å². The molecular formula is C23H21ClF3N5O4S. The number of alkyl halides is 3.